The molecule has 3 amide bonds. The van der Waals surface area contributed by atoms with Crippen LogP contribution >= 0.6 is 11.8 Å². The van der Waals surface area contributed by atoms with Crippen molar-refractivity contribution in [1.29, 1.82) is 0 Å². The molecule has 4 fully saturated rings. The second-order valence-electron chi connectivity index (χ2n) is 8.77. The highest BCUT2D eigenvalue weighted by atomic mass is 32.2. The number of nitrogens with zero attached hydrogens (tertiary/aromatic N) is 1. The molecule has 2 bridgehead atoms. The Hall–Kier alpha value is -1.28. The minimum Gasteiger partial charge on any atom is -0.395 e. The van der Waals surface area contributed by atoms with Crippen molar-refractivity contribution in [2.75, 3.05) is 20.2 Å². The van der Waals surface area contributed by atoms with Gasteiger partial charge in [0, 0.05) is 24.9 Å². The van der Waals surface area contributed by atoms with Crippen LogP contribution in [0, 0.1) is 17.8 Å². The van der Waals surface area contributed by atoms with Crippen molar-refractivity contribution in [1.82, 2.24) is 15.5 Å². The molecule has 3 aliphatic heterocycles. The molecule has 0 aromatic carbocycles. The van der Waals surface area contributed by atoms with E-state index in [-0.39, 0.29) is 48.1 Å². The van der Waals surface area contributed by atoms with E-state index in [4.69, 9.17) is 0 Å². The average molecular weight is 410 g/mol. The number of aliphatic hydroxyl groups is 1. The molecular formula is C20H31N3O4S. The van der Waals surface area contributed by atoms with Crippen molar-refractivity contribution < 1.29 is 19.5 Å². The molecule has 3 unspecified atom stereocenters. The third-order valence-corrected chi connectivity index (χ3v) is 9.41. The van der Waals surface area contributed by atoms with E-state index < -0.39 is 22.6 Å². The molecule has 28 heavy (non-hydrogen) atoms. The maximum atomic E-state index is 13.5. The Morgan fingerprint density at radius 3 is 2.61 bits per heavy atom. The van der Waals surface area contributed by atoms with Gasteiger partial charge in [-0.2, -0.15) is 0 Å². The third kappa shape index (κ3) is 2.78. The molecule has 1 saturated carbocycles. The topological polar surface area (TPSA) is 98.7 Å². The van der Waals surface area contributed by atoms with Crippen LogP contribution in [0.15, 0.2) is 0 Å². The maximum Gasteiger partial charge on any atom is 0.244 e. The van der Waals surface area contributed by atoms with E-state index >= 15 is 0 Å². The summed E-state index contributed by atoms with van der Waals surface area (Å²) in [5.41, 5.74) is 0. The lowest BCUT2D eigenvalue weighted by atomic mass is 9.66. The zero-order valence-corrected chi connectivity index (χ0v) is 17.5. The van der Waals surface area contributed by atoms with Gasteiger partial charge in [-0.05, 0) is 25.2 Å². The van der Waals surface area contributed by atoms with Crippen LogP contribution in [-0.4, -0.2) is 70.0 Å². The summed E-state index contributed by atoms with van der Waals surface area (Å²) in [4.78, 5) is 41.0. The fourth-order valence-corrected chi connectivity index (χ4v) is 8.58. The summed E-state index contributed by atoms with van der Waals surface area (Å²) < 4.78 is -0.577. The number of aliphatic hydroxyl groups excluding tert-OH is 1. The van der Waals surface area contributed by atoms with E-state index in [2.05, 4.69) is 17.6 Å². The number of β-amino-alcohol motifs (C(OH)–C–C–N with tert-alkyl or cyclic N) is 1. The molecule has 4 aliphatic rings. The molecule has 1 aliphatic carbocycles. The predicted molar refractivity (Wildman–Crippen MR) is 107 cm³/mol. The van der Waals surface area contributed by atoms with Gasteiger partial charge >= 0.3 is 0 Å². The molecule has 4 rings (SSSR count). The monoisotopic (exact) mass is 409 g/mol. The fourth-order valence-electron chi connectivity index (χ4n) is 6.16. The van der Waals surface area contributed by atoms with Gasteiger partial charge in [-0.15, -0.1) is 11.8 Å². The molecule has 0 radical (unpaired) electrons. The van der Waals surface area contributed by atoms with E-state index in [1.54, 1.807) is 23.7 Å². The Balaban J connectivity index is 1.68. The largest absolute Gasteiger partial charge is 0.395 e. The highest BCUT2D eigenvalue weighted by molar-refractivity contribution is 8.02. The van der Waals surface area contributed by atoms with Crippen LogP contribution in [-0.2, 0) is 14.4 Å². The molecule has 156 valence electrons. The fraction of sp³-hybridized carbons (Fsp3) is 0.850. The van der Waals surface area contributed by atoms with Crippen LogP contribution in [0.4, 0.5) is 0 Å². The van der Waals surface area contributed by atoms with Crippen molar-refractivity contribution in [2.45, 2.75) is 67.5 Å². The van der Waals surface area contributed by atoms with Crippen LogP contribution < -0.4 is 10.6 Å². The van der Waals surface area contributed by atoms with Crippen molar-refractivity contribution >= 4 is 29.5 Å². The molecule has 3 saturated heterocycles. The minimum absolute atomic E-state index is 0.0742. The number of fused-ring (bicyclic) bond motifs is 1. The highest BCUT2D eigenvalue weighted by Gasteiger charge is 2.75. The number of thioether (sulfide) groups is 1. The molecule has 3 N–H and O–H groups in total. The molecule has 8 heteroatoms. The van der Waals surface area contributed by atoms with Crippen LogP contribution in [0.2, 0.25) is 0 Å². The van der Waals surface area contributed by atoms with Crippen molar-refractivity contribution in [3.8, 4) is 0 Å². The van der Waals surface area contributed by atoms with Crippen LogP contribution in [0.5, 0.6) is 0 Å². The number of carbonyl (C=O) groups excluding carboxylic acids is 3. The van der Waals surface area contributed by atoms with Crippen molar-refractivity contribution in [2.24, 2.45) is 17.8 Å². The summed E-state index contributed by atoms with van der Waals surface area (Å²) >= 11 is 1.68. The van der Waals surface area contributed by atoms with E-state index in [0.29, 0.717) is 0 Å². The number of hydrogen-bond donors (Lipinski definition) is 3. The first-order chi connectivity index (χ1) is 13.5. The summed E-state index contributed by atoms with van der Waals surface area (Å²) in [5.74, 6) is -1.07. The number of rotatable bonds is 5. The van der Waals surface area contributed by atoms with E-state index in [1.165, 1.54) is 6.42 Å². The third-order valence-electron chi connectivity index (χ3n) is 7.34. The first-order valence-corrected chi connectivity index (χ1v) is 11.4. The maximum absolute atomic E-state index is 13.5. The molecule has 6 atom stereocenters. The molecule has 7 nitrogen and oxygen atoms in total. The number of hydrogen-bond acceptors (Lipinski definition) is 5. The molecular weight excluding hydrogens is 378 g/mol. The minimum atomic E-state index is -0.612. The highest BCUT2D eigenvalue weighted by Crippen LogP contribution is 2.68. The van der Waals surface area contributed by atoms with Gasteiger partial charge in [0.25, 0.3) is 0 Å². The van der Waals surface area contributed by atoms with Crippen LogP contribution in [0.1, 0.15) is 45.4 Å². The normalized spacial score (nSPS) is 39.9. The van der Waals surface area contributed by atoms with Gasteiger partial charge < -0.3 is 20.6 Å². The SMILES string of the molecule is CNC(=O)[C@@H]1[C@H]2C(=O)N(CCO)C(C(=O)NC3CCCCC3)C23S[C@@H]1CC3C. The van der Waals surface area contributed by atoms with E-state index in [1.807, 2.05) is 0 Å². The van der Waals surface area contributed by atoms with Crippen LogP contribution in [0.25, 0.3) is 0 Å². The summed E-state index contributed by atoms with van der Waals surface area (Å²) in [6.07, 6.45) is 6.25. The average Bonchev–Trinajstić information content (AvgIpc) is 3.27. The number of nitrogens with one attached hydrogen (secondary N) is 2. The lowest BCUT2D eigenvalue weighted by molar-refractivity contribution is -0.140. The molecule has 1 spiro atoms. The second-order valence-corrected chi connectivity index (χ2v) is 10.3. The molecule has 0 aromatic heterocycles. The Morgan fingerprint density at radius 1 is 1.25 bits per heavy atom. The van der Waals surface area contributed by atoms with Crippen LogP contribution in [0.3, 0.4) is 0 Å². The lowest BCUT2D eigenvalue weighted by Gasteiger charge is -2.39. The summed E-state index contributed by atoms with van der Waals surface area (Å²) in [6, 6.07) is -0.449. The van der Waals surface area contributed by atoms with Gasteiger partial charge in [-0.3, -0.25) is 14.4 Å². The van der Waals surface area contributed by atoms with Crippen molar-refractivity contribution in [3.05, 3.63) is 0 Å². The van der Waals surface area contributed by atoms with E-state index in [0.717, 1.165) is 32.1 Å². The second kappa shape index (κ2) is 7.52. The van der Waals surface area contributed by atoms with Gasteiger partial charge in [0.2, 0.25) is 17.7 Å². The molecule has 3 heterocycles. The lowest BCUT2D eigenvalue weighted by Crippen LogP contribution is -2.58. The summed E-state index contributed by atoms with van der Waals surface area (Å²) in [6.45, 7) is 2.06. The smallest absolute Gasteiger partial charge is 0.244 e. The van der Waals surface area contributed by atoms with Gasteiger partial charge in [-0.1, -0.05) is 26.2 Å². The number of carbonyl (C=O) groups is 3. The molecule has 0 aromatic rings. The zero-order chi connectivity index (χ0) is 20.1. The quantitative estimate of drug-likeness (QED) is 0.615. The van der Waals surface area contributed by atoms with Gasteiger partial charge in [0.05, 0.1) is 23.2 Å². The Bertz CT molecular complexity index is 668. The van der Waals surface area contributed by atoms with E-state index in [9.17, 15) is 19.5 Å². The zero-order valence-electron chi connectivity index (χ0n) is 16.6. The standard InChI is InChI=1S/C20H31N3O4S/c1-11-10-13-14(17(25)21-2)15-19(27)23(8-9-24)16(20(11,15)28-13)18(26)22-12-6-4-3-5-7-12/h11-16,24H,3-10H2,1-2H3,(H,21,25)(H,22,26)/t11?,13-,14+,15+,16?,20?/m1/s1. The first kappa shape index (κ1) is 20.0. The Labute approximate surface area is 170 Å². The number of likely N-dealkylation sites (tertiary alicyclic amines) is 1. The summed E-state index contributed by atoms with van der Waals surface area (Å²) in [5, 5.41) is 15.6. The van der Waals surface area contributed by atoms with Gasteiger partial charge in [0.15, 0.2) is 0 Å². The van der Waals surface area contributed by atoms with Crippen molar-refractivity contribution in [3.63, 3.8) is 0 Å². The Morgan fingerprint density at radius 2 is 1.96 bits per heavy atom. The predicted octanol–water partition coefficient (Wildman–Crippen LogP) is 0.511. The summed E-state index contributed by atoms with van der Waals surface area (Å²) in [7, 11) is 1.60. The first-order valence-electron chi connectivity index (χ1n) is 10.6. The number of amides is 3. The van der Waals surface area contributed by atoms with Gasteiger partial charge in [-0.25, -0.2) is 0 Å². The Kier molecular flexibility index (Phi) is 5.37. The van der Waals surface area contributed by atoms with Gasteiger partial charge in [0.1, 0.15) is 6.04 Å².